The van der Waals surface area contributed by atoms with Gasteiger partial charge in [0.2, 0.25) is 0 Å². The van der Waals surface area contributed by atoms with Crippen molar-refractivity contribution in [2.45, 2.75) is 39.8 Å². The minimum absolute atomic E-state index is 0.145. The molecule has 0 aliphatic carbocycles. The van der Waals surface area contributed by atoms with Crippen molar-refractivity contribution in [3.05, 3.63) is 23.8 Å². The highest BCUT2D eigenvalue weighted by Gasteiger charge is 2.07. The number of benzene rings is 1. The molecule has 1 aromatic carbocycles. The number of carbonyl (C=O) groups is 2. The van der Waals surface area contributed by atoms with Crippen molar-refractivity contribution in [2.75, 3.05) is 26.9 Å². The molecule has 0 radical (unpaired) electrons. The summed E-state index contributed by atoms with van der Waals surface area (Å²) in [6.45, 7) is 9.40. The highest BCUT2D eigenvalue weighted by atomic mass is 16.5. The molecule has 0 fully saturated rings. The molecule has 3 N–H and O–H groups in total. The summed E-state index contributed by atoms with van der Waals surface area (Å²) in [7, 11) is 1.67. The summed E-state index contributed by atoms with van der Waals surface area (Å²) in [5, 5.41) is 18.2. The number of carboxylic acid groups (broad SMARTS) is 2. The average Bonchev–Trinajstić information content (AvgIpc) is 2.59. The molecule has 0 heterocycles. The predicted octanol–water partition coefficient (Wildman–Crippen LogP) is 2.15. The second-order valence-corrected chi connectivity index (χ2v) is 5.49. The normalized spacial score (nSPS) is 10.0. The van der Waals surface area contributed by atoms with Gasteiger partial charge in [-0.05, 0) is 51.4 Å². The van der Waals surface area contributed by atoms with E-state index in [1.807, 2.05) is 32.9 Å². The lowest BCUT2D eigenvalue weighted by Gasteiger charge is -2.14. The molecule has 0 atom stereocenters. The first-order chi connectivity index (χ1) is 12.3. The van der Waals surface area contributed by atoms with Gasteiger partial charge < -0.3 is 29.7 Å². The maximum absolute atomic E-state index is 9.10. The average molecular weight is 371 g/mol. The van der Waals surface area contributed by atoms with Crippen LogP contribution >= 0.6 is 0 Å². The van der Waals surface area contributed by atoms with Crippen LogP contribution in [-0.2, 0) is 20.9 Å². The minimum Gasteiger partial charge on any atom is -0.493 e. The van der Waals surface area contributed by atoms with Gasteiger partial charge in [-0.25, -0.2) is 9.59 Å². The molecule has 0 bridgehead atoms. The van der Waals surface area contributed by atoms with Crippen molar-refractivity contribution >= 4 is 11.9 Å². The Labute approximate surface area is 154 Å². The number of hydrogen-bond donors (Lipinski definition) is 3. The first-order valence-electron chi connectivity index (χ1n) is 8.40. The molecule has 0 aliphatic rings. The van der Waals surface area contributed by atoms with Crippen molar-refractivity contribution in [1.29, 1.82) is 0 Å². The Balaban J connectivity index is 0.000000896. The van der Waals surface area contributed by atoms with Crippen molar-refractivity contribution in [3.8, 4) is 11.5 Å². The third kappa shape index (κ3) is 11.3. The Bertz CT molecular complexity index is 534. The Morgan fingerprint density at radius 3 is 2.31 bits per heavy atom. The molecular formula is C18H29NO7. The second kappa shape index (κ2) is 13.9. The Morgan fingerprint density at radius 2 is 1.81 bits per heavy atom. The van der Waals surface area contributed by atoms with Crippen LogP contribution in [0.1, 0.15) is 32.8 Å². The van der Waals surface area contributed by atoms with E-state index in [-0.39, 0.29) is 6.10 Å². The third-order valence-electron chi connectivity index (χ3n) is 2.95. The van der Waals surface area contributed by atoms with Crippen molar-refractivity contribution in [2.24, 2.45) is 0 Å². The van der Waals surface area contributed by atoms with Crippen LogP contribution in [0.4, 0.5) is 0 Å². The van der Waals surface area contributed by atoms with E-state index in [1.165, 1.54) is 5.56 Å². The van der Waals surface area contributed by atoms with Gasteiger partial charge in [0.15, 0.2) is 11.5 Å². The largest absolute Gasteiger partial charge is 0.493 e. The van der Waals surface area contributed by atoms with E-state index in [0.717, 1.165) is 44.2 Å². The highest BCUT2D eigenvalue weighted by Crippen LogP contribution is 2.28. The fourth-order valence-electron chi connectivity index (χ4n) is 1.85. The zero-order chi connectivity index (χ0) is 19.9. The minimum atomic E-state index is -1.82. The summed E-state index contributed by atoms with van der Waals surface area (Å²) in [4.78, 5) is 18.2. The zero-order valence-corrected chi connectivity index (χ0v) is 15.8. The molecule has 0 aromatic heterocycles. The van der Waals surface area contributed by atoms with Gasteiger partial charge in [0.25, 0.3) is 0 Å². The zero-order valence-electron chi connectivity index (χ0n) is 15.8. The standard InChI is InChI=1S/C16H27NO3.C2H2O4/c1-5-19-10-6-9-17-12-14-7-8-15(20-13(2)3)16(11-14)18-4;3-1(4)2(5)6/h7-8,11,13,17H,5-6,9-10,12H2,1-4H3;(H,3,4)(H,5,6). The summed E-state index contributed by atoms with van der Waals surface area (Å²) in [6, 6.07) is 6.05. The molecule has 8 heteroatoms. The van der Waals surface area contributed by atoms with Gasteiger partial charge in [0, 0.05) is 19.8 Å². The molecule has 1 rings (SSSR count). The van der Waals surface area contributed by atoms with E-state index >= 15 is 0 Å². The maximum atomic E-state index is 9.10. The van der Waals surface area contributed by atoms with E-state index in [0.29, 0.717) is 0 Å². The molecule has 0 aliphatic heterocycles. The third-order valence-corrected chi connectivity index (χ3v) is 2.95. The smallest absolute Gasteiger partial charge is 0.414 e. The number of aliphatic carboxylic acids is 2. The number of methoxy groups -OCH3 is 1. The number of hydrogen-bond acceptors (Lipinski definition) is 6. The quantitative estimate of drug-likeness (QED) is 0.423. The monoisotopic (exact) mass is 371 g/mol. The molecule has 1 aromatic rings. The molecule has 0 unspecified atom stereocenters. The molecule has 0 saturated carbocycles. The number of ether oxygens (including phenoxy) is 3. The van der Waals surface area contributed by atoms with Gasteiger partial charge in [-0.15, -0.1) is 0 Å². The van der Waals surface area contributed by atoms with Crippen LogP contribution in [0, 0.1) is 0 Å². The van der Waals surface area contributed by atoms with Gasteiger partial charge in [0.1, 0.15) is 0 Å². The summed E-state index contributed by atoms with van der Waals surface area (Å²) < 4.78 is 16.4. The van der Waals surface area contributed by atoms with Crippen LogP contribution in [0.15, 0.2) is 18.2 Å². The molecule has 0 amide bonds. The summed E-state index contributed by atoms with van der Waals surface area (Å²) in [5.74, 6) is -2.07. The molecule has 0 saturated heterocycles. The topological polar surface area (TPSA) is 114 Å². The molecule has 0 spiro atoms. The van der Waals surface area contributed by atoms with Gasteiger partial charge >= 0.3 is 11.9 Å². The molecular weight excluding hydrogens is 342 g/mol. The SMILES string of the molecule is CCOCCCNCc1ccc(OC(C)C)c(OC)c1.O=C(O)C(=O)O. The van der Waals surface area contributed by atoms with Crippen LogP contribution in [0.25, 0.3) is 0 Å². The summed E-state index contributed by atoms with van der Waals surface area (Å²) >= 11 is 0. The van der Waals surface area contributed by atoms with Crippen LogP contribution in [0.5, 0.6) is 11.5 Å². The fourth-order valence-corrected chi connectivity index (χ4v) is 1.85. The Hall–Kier alpha value is -2.32. The molecule has 26 heavy (non-hydrogen) atoms. The van der Waals surface area contributed by atoms with Gasteiger partial charge in [0.05, 0.1) is 13.2 Å². The van der Waals surface area contributed by atoms with Crippen LogP contribution in [-0.4, -0.2) is 55.1 Å². The first-order valence-corrected chi connectivity index (χ1v) is 8.40. The second-order valence-electron chi connectivity index (χ2n) is 5.49. The van der Waals surface area contributed by atoms with Crippen molar-refractivity contribution in [1.82, 2.24) is 5.32 Å². The van der Waals surface area contributed by atoms with Crippen LogP contribution in [0.3, 0.4) is 0 Å². The van der Waals surface area contributed by atoms with Crippen molar-refractivity contribution < 1.29 is 34.0 Å². The molecule has 8 nitrogen and oxygen atoms in total. The van der Waals surface area contributed by atoms with Gasteiger partial charge in [-0.2, -0.15) is 0 Å². The van der Waals surface area contributed by atoms with E-state index in [9.17, 15) is 0 Å². The number of carboxylic acids is 2. The number of nitrogens with one attached hydrogen (secondary N) is 1. The Kier molecular flexibility index (Phi) is 12.7. The summed E-state index contributed by atoms with van der Waals surface area (Å²) in [6.07, 6.45) is 1.17. The van der Waals surface area contributed by atoms with E-state index in [4.69, 9.17) is 34.0 Å². The van der Waals surface area contributed by atoms with E-state index in [2.05, 4.69) is 11.4 Å². The lowest BCUT2D eigenvalue weighted by Crippen LogP contribution is -2.16. The lowest BCUT2D eigenvalue weighted by atomic mass is 10.2. The lowest BCUT2D eigenvalue weighted by molar-refractivity contribution is -0.159. The fraction of sp³-hybridized carbons (Fsp3) is 0.556. The highest BCUT2D eigenvalue weighted by molar-refractivity contribution is 6.27. The van der Waals surface area contributed by atoms with Gasteiger partial charge in [-0.1, -0.05) is 6.07 Å². The predicted molar refractivity (Wildman–Crippen MR) is 96.8 cm³/mol. The van der Waals surface area contributed by atoms with E-state index < -0.39 is 11.9 Å². The summed E-state index contributed by atoms with van der Waals surface area (Å²) in [5.41, 5.74) is 1.19. The van der Waals surface area contributed by atoms with Crippen LogP contribution < -0.4 is 14.8 Å². The van der Waals surface area contributed by atoms with Crippen LogP contribution in [0.2, 0.25) is 0 Å². The number of rotatable bonds is 10. The van der Waals surface area contributed by atoms with Gasteiger partial charge in [-0.3, -0.25) is 0 Å². The first kappa shape index (κ1) is 23.7. The molecule has 148 valence electrons. The van der Waals surface area contributed by atoms with E-state index in [1.54, 1.807) is 7.11 Å². The maximum Gasteiger partial charge on any atom is 0.414 e. The Morgan fingerprint density at radius 1 is 1.15 bits per heavy atom. The van der Waals surface area contributed by atoms with Crippen molar-refractivity contribution in [3.63, 3.8) is 0 Å².